The first-order valence-corrected chi connectivity index (χ1v) is 9.56. The van der Waals surface area contributed by atoms with E-state index in [1.165, 1.54) is 22.5 Å². The molecule has 2 heterocycles. The van der Waals surface area contributed by atoms with E-state index >= 15 is 0 Å². The van der Waals surface area contributed by atoms with Crippen molar-refractivity contribution in [2.24, 2.45) is 5.92 Å². The van der Waals surface area contributed by atoms with Gasteiger partial charge in [0.25, 0.3) is 0 Å². The van der Waals surface area contributed by atoms with Crippen LogP contribution >= 0.6 is 0 Å². The van der Waals surface area contributed by atoms with Gasteiger partial charge in [0.05, 0.1) is 4.90 Å². The van der Waals surface area contributed by atoms with Crippen LogP contribution in [0.15, 0.2) is 35.4 Å². The average Bonchev–Trinajstić information content (AvgIpc) is 2.87. The number of halogens is 1. The highest BCUT2D eigenvalue weighted by Gasteiger charge is 2.30. The fourth-order valence-electron chi connectivity index (χ4n) is 3.22. The van der Waals surface area contributed by atoms with Crippen molar-refractivity contribution in [3.63, 3.8) is 0 Å². The summed E-state index contributed by atoms with van der Waals surface area (Å²) >= 11 is 0. The van der Waals surface area contributed by atoms with Crippen molar-refractivity contribution in [3.05, 3.63) is 47.8 Å². The predicted octanol–water partition coefficient (Wildman–Crippen LogP) is 2.74. The number of piperidine rings is 1. The standard InChI is InChI=1S/C17H22FN3O2S/c1-13-11-19-14(2)21(13)12-15-6-8-20(9-7-15)24(22,23)17-5-3-4-16(18)10-17/h3-5,10-11,15H,6-9,12H2,1-2H3. The molecule has 0 spiro atoms. The molecular formula is C17H22FN3O2S. The van der Waals surface area contributed by atoms with E-state index in [9.17, 15) is 12.8 Å². The van der Waals surface area contributed by atoms with Crippen molar-refractivity contribution in [1.82, 2.24) is 13.9 Å². The van der Waals surface area contributed by atoms with Crippen LogP contribution in [0.4, 0.5) is 4.39 Å². The molecule has 1 aromatic heterocycles. The first-order chi connectivity index (χ1) is 11.4. The molecule has 0 radical (unpaired) electrons. The van der Waals surface area contributed by atoms with Gasteiger partial charge >= 0.3 is 0 Å². The van der Waals surface area contributed by atoms with Crippen molar-refractivity contribution >= 4 is 10.0 Å². The van der Waals surface area contributed by atoms with Gasteiger partial charge in [0, 0.05) is 31.5 Å². The van der Waals surface area contributed by atoms with E-state index < -0.39 is 15.8 Å². The molecule has 0 amide bonds. The third-order valence-corrected chi connectivity index (χ3v) is 6.60. The molecule has 1 aliphatic rings. The van der Waals surface area contributed by atoms with Crippen LogP contribution < -0.4 is 0 Å². The minimum Gasteiger partial charge on any atom is -0.332 e. The Hall–Kier alpha value is -1.73. The molecule has 0 bridgehead atoms. The summed E-state index contributed by atoms with van der Waals surface area (Å²) < 4.78 is 42.2. The zero-order valence-corrected chi connectivity index (χ0v) is 14.8. The van der Waals surface area contributed by atoms with Crippen LogP contribution in [0.3, 0.4) is 0 Å². The maximum atomic E-state index is 13.3. The lowest BCUT2D eigenvalue weighted by molar-refractivity contribution is 0.251. The Morgan fingerprint density at radius 2 is 1.96 bits per heavy atom. The summed E-state index contributed by atoms with van der Waals surface area (Å²) in [5.41, 5.74) is 1.13. The first-order valence-electron chi connectivity index (χ1n) is 8.12. The molecular weight excluding hydrogens is 329 g/mol. The number of nitrogens with zero attached hydrogens (tertiary/aromatic N) is 3. The van der Waals surface area contributed by atoms with Crippen LogP contribution in [-0.4, -0.2) is 35.4 Å². The van der Waals surface area contributed by atoms with E-state index in [4.69, 9.17) is 0 Å². The summed E-state index contributed by atoms with van der Waals surface area (Å²) in [5.74, 6) is 0.884. The smallest absolute Gasteiger partial charge is 0.243 e. The largest absolute Gasteiger partial charge is 0.332 e. The number of imidazole rings is 1. The van der Waals surface area contributed by atoms with E-state index in [0.717, 1.165) is 37.0 Å². The first kappa shape index (κ1) is 17.1. The van der Waals surface area contributed by atoms with Gasteiger partial charge in [-0.3, -0.25) is 0 Å². The number of hydrogen-bond acceptors (Lipinski definition) is 3. The SMILES string of the molecule is Cc1cnc(C)n1CC1CCN(S(=O)(=O)c2cccc(F)c2)CC1. The summed E-state index contributed by atoms with van der Waals surface area (Å²) in [5, 5.41) is 0. The normalized spacial score (nSPS) is 17.3. The van der Waals surface area contributed by atoms with Crippen molar-refractivity contribution < 1.29 is 12.8 Å². The second kappa shape index (κ2) is 6.64. The van der Waals surface area contributed by atoms with Gasteiger partial charge in [0.1, 0.15) is 11.6 Å². The molecule has 1 aromatic carbocycles. The molecule has 0 N–H and O–H groups in total. The Labute approximate surface area is 142 Å². The van der Waals surface area contributed by atoms with E-state index in [1.54, 1.807) is 0 Å². The van der Waals surface area contributed by atoms with Gasteiger partial charge in [-0.05, 0) is 50.8 Å². The highest BCUT2D eigenvalue weighted by atomic mass is 32.2. The zero-order chi connectivity index (χ0) is 17.3. The molecule has 5 nitrogen and oxygen atoms in total. The zero-order valence-electron chi connectivity index (χ0n) is 13.9. The van der Waals surface area contributed by atoms with Gasteiger partial charge < -0.3 is 4.57 Å². The molecule has 7 heteroatoms. The van der Waals surface area contributed by atoms with Gasteiger partial charge in [-0.1, -0.05) is 6.07 Å². The molecule has 1 saturated heterocycles. The Balaban J connectivity index is 1.66. The molecule has 2 aromatic rings. The molecule has 3 rings (SSSR count). The molecule has 1 fully saturated rings. The molecule has 0 aliphatic carbocycles. The topological polar surface area (TPSA) is 55.2 Å². The second-order valence-corrected chi connectivity index (χ2v) is 8.30. The van der Waals surface area contributed by atoms with Crippen LogP contribution in [0.2, 0.25) is 0 Å². The summed E-state index contributed by atoms with van der Waals surface area (Å²) in [4.78, 5) is 4.33. The number of benzene rings is 1. The van der Waals surface area contributed by atoms with Crippen molar-refractivity contribution in [3.8, 4) is 0 Å². The maximum Gasteiger partial charge on any atom is 0.243 e. The minimum absolute atomic E-state index is 0.0299. The highest BCUT2D eigenvalue weighted by Crippen LogP contribution is 2.25. The van der Waals surface area contributed by atoms with Gasteiger partial charge in [0.15, 0.2) is 0 Å². The lowest BCUT2D eigenvalue weighted by atomic mass is 9.98. The molecule has 24 heavy (non-hydrogen) atoms. The highest BCUT2D eigenvalue weighted by molar-refractivity contribution is 7.89. The molecule has 0 saturated carbocycles. The van der Waals surface area contributed by atoms with Crippen molar-refractivity contribution in [2.45, 2.75) is 38.1 Å². The molecule has 130 valence electrons. The lowest BCUT2D eigenvalue weighted by Crippen LogP contribution is -2.39. The van der Waals surface area contributed by atoms with E-state index in [1.807, 2.05) is 20.0 Å². The number of rotatable bonds is 4. The third-order valence-electron chi connectivity index (χ3n) is 4.70. The summed E-state index contributed by atoms with van der Waals surface area (Å²) in [6.07, 6.45) is 3.45. The fourth-order valence-corrected chi connectivity index (χ4v) is 4.73. The van der Waals surface area contributed by atoms with Crippen LogP contribution in [0.1, 0.15) is 24.4 Å². The average molecular weight is 351 g/mol. The third kappa shape index (κ3) is 3.37. The quantitative estimate of drug-likeness (QED) is 0.851. The van der Waals surface area contributed by atoms with Crippen molar-refractivity contribution in [1.29, 1.82) is 0 Å². The lowest BCUT2D eigenvalue weighted by Gasteiger charge is -2.31. The van der Waals surface area contributed by atoms with Crippen LogP contribution in [0.5, 0.6) is 0 Å². The van der Waals surface area contributed by atoms with Gasteiger partial charge in [-0.15, -0.1) is 0 Å². The van der Waals surface area contributed by atoms with E-state index in [0.29, 0.717) is 19.0 Å². The monoisotopic (exact) mass is 351 g/mol. The molecule has 0 atom stereocenters. The maximum absolute atomic E-state index is 13.3. The summed E-state index contributed by atoms with van der Waals surface area (Å²) in [7, 11) is -3.61. The number of aromatic nitrogens is 2. The second-order valence-electron chi connectivity index (χ2n) is 6.36. The van der Waals surface area contributed by atoms with E-state index in [-0.39, 0.29) is 4.90 Å². The Morgan fingerprint density at radius 3 is 2.54 bits per heavy atom. The summed E-state index contributed by atoms with van der Waals surface area (Å²) in [6, 6.07) is 5.21. The van der Waals surface area contributed by atoms with Gasteiger partial charge in [-0.25, -0.2) is 17.8 Å². The van der Waals surface area contributed by atoms with Crippen LogP contribution in [0.25, 0.3) is 0 Å². The summed E-state index contributed by atoms with van der Waals surface area (Å²) in [6.45, 7) is 5.82. The van der Waals surface area contributed by atoms with Crippen LogP contribution in [0, 0.1) is 25.6 Å². The number of aryl methyl sites for hydroxylation is 2. The van der Waals surface area contributed by atoms with Gasteiger partial charge in [-0.2, -0.15) is 4.31 Å². The predicted molar refractivity (Wildman–Crippen MR) is 89.6 cm³/mol. The fraction of sp³-hybridized carbons (Fsp3) is 0.471. The number of hydrogen-bond donors (Lipinski definition) is 0. The Bertz CT molecular complexity index is 805. The molecule has 0 unspecified atom stereocenters. The Morgan fingerprint density at radius 1 is 1.25 bits per heavy atom. The molecule has 1 aliphatic heterocycles. The van der Waals surface area contributed by atoms with E-state index in [2.05, 4.69) is 9.55 Å². The van der Waals surface area contributed by atoms with Crippen LogP contribution in [-0.2, 0) is 16.6 Å². The van der Waals surface area contributed by atoms with Gasteiger partial charge in [0.2, 0.25) is 10.0 Å². The Kier molecular flexibility index (Phi) is 4.73. The minimum atomic E-state index is -3.61. The number of sulfonamides is 1. The van der Waals surface area contributed by atoms with Crippen molar-refractivity contribution in [2.75, 3.05) is 13.1 Å².